The number of hydrogen-bond donors (Lipinski definition) is 2. The molecule has 3 rings (SSSR count). The summed E-state index contributed by atoms with van der Waals surface area (Å²) >= 11 is 0. The second kappa shape index (κ2) is 6.71. The van der Waals surface area contributed by atoms with E-state index in [4.69, 9.17) is 10.5 Å². The van der Waals surface area contributed by atoms with Crippen LogP contribution in [0.5, 0.6) is 5.75 Å². The molecule has 1 aliphatic rings. The molecule has 0 spiro atoms. The Morgan fingerprint density at radius 3 is 2.62 bits per heavy atom. The van der Waals surface area contributed by atoms with Crippen molar-refractivity contribution in [1.82, 2.24) is 0 Å². The summed E-state index contributed by atoms with van der Waals surface area (Å²) in [4.78, 5) is 26.9. The van der Waals surface area contributed by atoms with E-state index in [1.807, 2.05) is 20.8 Å². The molecule has 0 saturated heterocycles. The molecule has 2 amide bonds. The van der Waals surface area contributed by atoms with Gasteiger partial charge in [0.15, 0.2) is 0 Å². The van der Waals surface area contributed by atoms with Crippen molar-refractivity contribution in [3.63, 3.8) is 0 Å². The standard InChI is InChI=1S/C20H23N3O3/c1-20(2,3)19(25)23-9-10-26-17-8-7-15(12-16(17)23)22-18(24)13-5-4-6-14(21)11-13/h4-8,11-12H,9-10,21H2,1-3H3,(H,22,24). The van der Waals surface area contributed by atoms with Crippen LogP contribution in [-0.2, 0) is 4.79 Å². The number of benzene rings is 2. The minimum atomic E-state index is -0.505. The first-order valence-corrected chi connectivity index (χ1v) is 8.51. The first-order valence-electron chi connectivity index (χ1n) is 8.51. The highest BCUT2D eigenvalue weighted by molar-refractivity contribution is 6.05. The van der Waals surface area contributed by atoms with Crippen LogP contribution in [0.3, 0.4) is 0 Å². The summed E-state index contributed by atoms with van der Waals surface area (Å²) in [7, 11) is 0. The Bertz CT molecular complexity index is 856. The number of nitrogens with zero attached hydrogens (tertiary/aromatic N) is 1. The van der Waals surface area contributed by atoms with Gasteiger partial charge in [-0.05, 0) is 36.4 Å². The van der Waals surface area contributed by atoms with Crippen LogP contribution in [-0.4, -0.2) is 25.0 Å². The zero-order valence-electron chi connectivity index (χ0n) is 15.2. The van der Waals surface area contributed by atoms with Crippen molar-refractivity contribution in [2.75, 3.05) is 29.1 Å². The van der Waals surface area contributed by atoms with E-state index in [9.17, 15) is 9.59 Å². The Kier molecular flexibility index (Phi) is 4.59. The van der Waals surface area contributed by atoms with Crippen molar-refractivity contribution >= 4 is 28.9 Å². The van der Waals surface area contributed by atoms with E-state index in [1.54, 1.807) is 47.4 Å². The molecule has 0 radical (unpaired) electrons. The second-order valence-electron chi connectivity index (χ2n) is 7.32. The third-order valence-corrected chi connectivity index (χ3v) is 4.12. The average Bonchev–Trinajstić information content (AvgIpc) is 2.59. The van der Waals surface area contributed by atoms with Crippen LogP contribution in [0.1, 0.15) is 31.1 Å². The number of fused-ring (bicyclic) bond motifs is 1. The molecule has 0 aliphatic carbocycles. The van der Waals surface area contributed by atoms with E-state index in [-0.39, 0.29) is 11.8 Å². The zero-order chi connectivity index (χ0) is 18.9. The lowest BCUT2D eigenvalue weighted by atomic mass is 9.94. The fourth-order valence-electron chi connectivity index (χ4n) is 2.79. The fourth-order valence-corrected chi connectivity index (χ4v) is 2.79. The summed E-state index contributed by atoms with van der Waals surface area (Å²) in [6.07, 6.45) is 0. The minimum Gasteiger partial charge on any atom is -0.490 e. The maximum atomic E-state index is 12.7. The van der Waals surface area contributed by atoms with Gasteiger partial charge in [-0.1, -0.05) is 26.8 Å². The number of nitrogen functional groups attached to an aromatic ring is 1. The minimum absolute atomic E-state index is 0.0151. The molecule has 2 aromatic carbocycles. The predicted octanol–water partition coefficient (Wildman–Crippen LogP) is 3.29. The highest BCUT2D eigenvalue weighted by Gasteiger charge is 2.32. The molecule has 26 heavy (non-hydrogen) atoms. The van der Waals surface area contributed by atoms with E-state index < -0.39 is 5.41 Å². The molecule has 2 aromatic rings. The summed E-state index contributed by atoms with van der Waals surface area (Å²) in [5, 5.41) is 2.85. The quantitative estimate of drug-likeness (QED) is 0.812. The highest BCUT2D eigenvalue weighted by atomic mass is 16.5. The van der Waals surface area contributed by atoms with Gasteiger partial charge in [0.2, 0.25) is 5.91 Å². The van der Waals surface area contributed by atoms with Crippen molar-refractivity contribution in [2.24, 2.45) is 5.41 Å². The predicted molar refractivity (Wildman–Crippen MR) is 103 cm³/mol. The number of nitrogens with one attached hydrogen (secondary N) is 1. The molecule has 0 fully saturated rings. The maximum Gasteiger partial charge on any atom is 0.255 e. The van der Waals surface area contributed by atoms with E-state index in [1.165, 1.54) is 0 Å². The number of ether oxygens (including phenoxy) is 1. The van der Waals surface area contributed by atoms with E-state index in [2.05, 4.69) is 5.32 Å². The molecule has 0 atom stereocenters. The van der Waals surface area contributed by atoms with Gasteiger partial charge in [0.05, 0.1) is 12.2 Å². The van der Waals surface area contributed by atoms with Gasteiger partial charge in [0.1, 0.15) is 12.4 Å². The molecule has 0 saturated carbocycles. The normalized spacial score (nSPS) is 13.6. The fraction of sp³-hybridized carbons (Fsp3) is 0.300. The van der Waals surface area contributed by atoms with Gasteiger partial charge in [-0.15, -0.1) is 0 Å². The monoisotopic (exact) mass is 353 g/mol. The van der Waals surface area contributed by atoms with Crippen LogP contribution >= 0.6 is 0 Å². The van der Waals surface area contributed by atoms with Gasteiger partial charge in [0.25, 0.3) is 5.91 Å². The first-order chi connectivity index (χ1) is 12.3. The maximum absolute atomic E-state index is 12.7. The number of carbonyl (C=O) groups is 2. The number of rotatable bonds is 2. The Labute approximate surface area is 152 Å². The van der Waals surface area contributed by atoms with Crippen molar-refractivity contribution in [3.8, 4) is 5.75 Å². The molecule has 0 unspecified atom stereocenters. The third kappa shape index (κ3) is 3.64. The van der Waals surface area contributed by atoms with Crippen LogP contribution in [0.15, 0.2) is 42.5 Å². The van der Waals surface area contributed by atoms with E-state index >= 15 is 0 Å². The van der Waals surface area contributed by atoms with E-state index in [0.717, 1.165) is 0 Å². The molecule has 3 N–H and O–H groups in total. The van der Waals surface area contributed by atoms with E-state index in [0.29, 0.717) is 41.5 Å². The van der Waals surface area contributed by atoms with Crippen molar-refractivity contribution < 1.29 is 14.3 Å². The lowest BCUT2D eigenvalue weighted by molar-refractivity contribution is -0.126. The van der Waals surface area contributed by atoms with Crippen molar-refractivity contribution in [3.05, 3.63) is 48.0 Å². The summed E-state index contributed by atoms with van der Waals surface area (Å²) in [6.45, 7) is 6.58. The van der Waals surface area contributed by atoms with Gasteiger partial charge >= 0.3 is 0 Å². The van der Waals surface area contributed by atoms with Gasteiger partial charge in [-0.25, -0.2) is 0 Å². The molecule has 6 heteroatoms. The van der Waals surface area contributed by atoms with Crippen molar-refractivity contribution in [2.45, 2.75) is 20.8 Å². The highest BCUT2D eigenvalue weighted by Crippen LogP contribution is 2.36. The van der Waals surface area contributed by atoms with Crippen molar-refractivity contribution in [1.29, 1.82) is 0 Å². The summed E-state index contributed by atoms with van der Waals surface area (Å²) in [6, 6.07) is 12.1. The third-order valence-electron chi connectivity index (χ3n) is 4.12. The van der Waals surface area contributed by atoms with Crippen LogP contribution < -0.4 is 20.7 Å². The zero-order valence-corrected chi connectivity index (χ0v) is 15.2. The molecule has 136 valence electrons. The number of carbonyl (C=O) groups excluding carboxylic acids is 2. The molecular weight excluding hydrogens is 330 g/mol. The Hall–Kier alpha value is -3.02. The van der Waals surface area contributed by atoms with Gasteiger partial charge in [0, 0.05) is 22.4 Å². The van der Waals surface area contributed by atoms with Crippen LogP contribution in [0.2, 0.25) is 0 Å². The van der Waals surface area contributed by atoms with Gasteiger partial charge < -0.3 is 20.7 Å². The molecule has 1 aliphatic heterocycles. The molecule has 6 nitrogen and oxygen atoms in total. The second-order valence-corrected chi connectivity index (χ2v) is 7.32. The number of amides is 2. The van der Waals surface area contributed by atoms with Crippen LogP contribution in [0.25, 0.3) is 0 Å². The average molecular weight is 353 g/mol. The largest absolute Gasteiger partial charge is 0.490 e. The molecule has 1 heterocycles. The molecule has 0 bridgehead atoms. The Morgan fingerprint density at radius 1 is 1.15 bits per heavy atom. The smallest absolute Gasteiger partial charge is 0.255 e. The van der Waals surface area contributed by atoms with Gasteiger partial charge in [-0.2, -0.15) is 0 Å². The Morgan fingerprint density at radius 2 is 1.92 bits per heavy atom. The summed E-state index contributed by atoms with van der Waals surface area (Å²) in [5.41, 5.74) is 7.49. The summed E-state index contributed by atoms with van der Waals surface area (Å²) < 4.78 is 5.65. The molecule has 0 aromatic heterocycles. The lowest BCUT2D eigenvalue weighted by Gasteiger charge is -2.34. The molecular formula is C20H23N3O3. The number of anilines is 3. The lowest BCUT2D eigenvalue weighted by Crippen LogP contribution is -2.44. The van der Waals surface area contributed by atoms with Crippen LogP contribution in [0, 0.1) is 5.41 Å². The first kappa shape index (κ1) is 17.8. The number of nitrogens with two attached hydrogens (primary N) is 1. The number of hydrogen-bond acceptors (Lipinski definition) is 4. The van der Waals surface area contributed by atoms with Crippen LogP contribution in [0.4, 0.5) is 17.1 Å². The summed E-state index contributed by atoms with van der Waals surface area (Å²) in [5.74, 6) is 0.389. The SMILES string of the molecule is CC(C)(C)C(=O)N1CCOc2ccc(NC(=O)c3cccc(N)c3)cc21. The topological polar surface area (TPSA) is 84.7 Å². The van der Waals surface area contributed by atoms with Gasteiger partial charge in [-0.3, -0.25) is 9.59 Å². The Balaban J connectivity index is 1.87.